The summed E-state index contributed by atoms with van der Waals surface area (Å²) in [4.78, 5) is 0. The van der Waals surface area contributed by atoms with Gasteiger partial charge in [-0.1, -0.05) is 48.9 Å². The van der Waals surface area contributed by atoms with Gasteiger partial charge in [-0.2, -0.15) is 0 Å². The Morgan fingerprint density at radius 3 is 2.33 bits per heavy atom. The van der Waals surface area contributed by atoms with Gasteiger partial charge in [-0.25, -0.2) is 0 Å². The molecular formula is C30H44. The van der Waals surface area contributed by atoms with Gasteiger partial charge in [0.05, 0.1) is 0 Å². The van der Waals surface area contributed by atoms with Crippen LogP contribution in [0.4, 0.5) is 0 Å². The van der Waals surface area contributed by atoms with E-state index >= 15 is 0 Å². The molecule has 3 aliphatic carbocycles. The molecule has 5 atom stereocenters. The largest absolute Gasteiger partial charge is 0.0917 e. The van der Waals surface area contributed by atoms with Crippen LogP contribution < -0.4 is 0 Å². The van der Waals surface area contributed by atoms with Crippen molar-refractivity contribution in [3.63, 3.8) is 0 Å². The Hall–Kier alpha value is -1.30. The third-order valence-electron chi connectivity index (χ3n) is 8.78. The molecule has 5 unspecified atom stereocenters. The summed E-state index contributed by atoms with van der Waals surface area (Å²) in [5.74, 6) is 5.09. The van der Waals surface area contributed by atoms with Gasteiger partial charge < -0.3 is 0 Å². The quantitative estimate of drug-likeness (QED) is 0.400. The molecule has 0 aliphatic heterocycles. The molecule has 0 nitrogen and oxygen atoms in total. The molecule has 3 aliphatic rings. The highest BCUT2D eigenvalue weighted by molar-refractivity contribution is 5.34. The summed E-state index contributed by atoms with van der Waals surface area (Å²) in [7, 11) is 0. The molecule has 164 valence electrons. The van der Waals surface area contributed by atoms with Gasteiger partial charge in [0.25, 0.3) is 0 Å². The monoisotopic (exact) mass is 404 g/mol. The van der Waals surface area contributed by atoms with Crippen molar-refractivity contribution in [1.82, 2.24) is 0 Å². The van der Waals surface area contributed by atoms with Crippen molar-refractivity contribution >= 4 is 0 Å². The van der Waals surface area contributed by atoms with Gasteiger partial charge in [0.1, 0.15) is 0 Å². The van der Waals surface area contributed by atoms with Crippen molar-refractivity contribution in [2.45, 2.75) is 97.3 Å². The molecule has 2 saturated carbocycles. The van der Waals surface area contributed by atoms with E-state index in [0.29, 0.717) is 0 Å². The van der Waals surface area contributed by atoms with E-state index in [1.807, 2.05) is 0 Å². The first-order chi connectivity index (χ1) is 14.8. The van der Waals surface area contributed by atoms with E-state index in [0.717, 1.165) is 29.6 Å². The van der Waals surface area contributed by atoms with Crippen molar-refractivity contribution < 1.29 is 0 Å². The van der Waals surface area contributed by atoms with Gasteiger partial charge >= 0.3 is 0 Å². The minimum atomic E-state index is 0.958. The number of aryl methyl sites for hydroxylation is 2. The molecule has 0 aromatic heterocycles. The normalized spacial score (nSPS) is 31.7. The van der Waals surface area contributed by atoms with Crippen LogP contribution in [-0.4, -0.2) is 0 Å². The summed E-state index contributed by atoms with van der Waals surface area (Å²) < 4.78 is 0. The van der Waals surface area contributed by atoms with Crippen molar-refractivity contribution in [3.8, 4) is 0 Å². The highest BCUT2D eigenvalue weighted by atomic mass is 14.4. The fourth-order valence-electron chi connectivity index (χ4n) is 7.02. The average Bonchev–Trinajstić information content (AvgIpc) is 2.78. The number of hydrogen-bond acceptors (Lipinski definition) is 0. The molecule has 0 heteroatoms. The second-order valence-corrected chi connectivity index (χ2v) is 10.6. The number of allylic oxidation sites excluding steroid dienone is 4. The van der Waals surface area contributed by atoms with Crippen LogP contribution >= 0.6 is 0 Å². The lowest BCUT2D eigenvalue weighted by atomic mass is 9.61. The Balaban J connectivity index is 1.29. The molecule has 0 saturated heterocycles. The van der Waals surface area contributed by atoms with E-state index in [2.05, 4.69) is 56.4 Å². The van der Waals surface area contributed by atoms with Crippen LogP contribution in [0, 0.1) is 29.6 Å². The molecule has 1 aromatic rings. The molecule has 0 radical (unpaired) electrons. The second kappa shape index (κ2) is 10.8. The lowest BCUT2D eigenvalue weighted by Crippen LogP contribution is -2.35. The molecule has 4 rings (SSSR count). The molecule has 0 heterocycles. The summed E-state index contributed by atoms with van der Waals surface area (Å²) in [5, 5.41) is 0. The minimum absolute atomic E-state index is 0.958. The zero-order chi connectivity index (χ0) is 20.8. The molecular weight excluding hydrogens is 360 g/mol. The SMILES string of the molecule is C/C=C/CCc1ccc2c(c1)CCC(C1CCC3CC(CC/C=C/C)CCC3C1)C2. The van der Waals surface area contributed by atoms with Gasteiger partial charge in [-0.3, -0.25) is 0 Å². The van der Waals surface area contributed by atoms with Crippen LogP contribution in [0.1, 0.15) is 94.7 Å². The molecule has 0 spiro atoms. The number of fused-ring (bicyclic) bond motifs is 2. The summed E-state index contributed by atoms with van der Waals surface area (Å²) in [6.45, 7) is 4.28. The van der Waals surface area contributed by atoms with E-state index in [1.54, 1.807) is 24.0 Å². The maximum absolute atomic E-state index is 2.53. The van der Waals surface area contributed by atoms with E-state index in [-0.39, 0.29) is 0 Å². The van der Waals surface area contributed by atoms with E-state index in [4.69, 9.17) is 0 Å². The molecule has 30 heavy (non-hydrogen) atoms. The third kappa shape index (κ3) is 5.49. The zero-order valence-corrected chi connectivity index (χ0v) is 19.6. The van der Waals surface area contributed by atoms with Crippen LogP contribution in [0.5, 0.6) is 0 Å². The lowest BCUT2D eigenvalue weighted by molar-refractivity contribution is 0.0699. The molecule has 2 fully saturated rings. The molecule has 0 amide bonds. The van der Waals surface area contributed by atoms with Crippen molar-refractivity contribution in [1.29, 1.82) is 0 Å². The van der Waals surface area contributed by atoms with Crippen LogP contribution in [-0.2, 0) is 19.3 Å². The first-order valence-corrected chi connectivity index (χ1v) is 13.1. The van der Waals surface area contributed by atoms with Crippen molar-refractivity contribution in [2.24, 2.45) is 29.6 Å². The number of hydrogen-bond donors (Lipinski definition) is 0. The maximum atomic E-state index is 2.53. The van der Waals surface area contributed by atoms with Crippen LogP contribution in [0.3, 0.4) is 0 Å². The summed E-state index contributed by atoms with van der Waals surface area (Å²) >= 11 is 0. The smallest absolute Gasteiger partial charge is 0.0244 e. The van der Waals surface area contributed by atoms with Gasteiger partial charge in [-0.15, -0.1) is 0 Å². The van der Waals surface area contributed by atoms with Gasteiger partial charge in [0.15, 0.2) is 0 Å². The molecule has 0 N–H and O–H groups in total. The summed E-state index contributed by atoms with van der Waals surface area (Å²) in [6, 6.07) is 7.42. The topological polar surface area (TPSA) is 0 Å². The van der Waals surface area contributed by atoms with E-state index in [9.17, 15) is 0 Å². The second-order valence-electron chi connectivity index (χ2n) is 10.6. The first kappa shape index (κ1) is 21.9. The van der Waals surface area contributed by atoms with Gasteiger partial charge in [-0.05, 0) is 137 Å². The fraction of sp³-hybridized carbons (Fsp3) is 0.667. The Labute approximate surface area is 186 Å². The highest BCUT2D eigenvalue weighted by Crippen LogP contribution is 2.49. The predicted octanol–water partition coefficient (Wildman–Crippen LogP) is 8.49. The van der Waals surface area contributed by atoms with Gasteiger partial charge in [0.2, 0.25) is 0 Å². The maximum Gasteiger partial charge on any atom is -0.0244 e. The fourth-order valence-corrected chi connectivity index (χ4v) is 7.02. The Bertz CT molecular complexity index is 724. The highest BCUT2D eigenvalue weighted by Gasteiger charge is 2.38. The molecule has 0 bridgehead atoms. The minimum Gasteiger partial charge on any atom is -0.0917 e. The van der Waals surface area contributed by atoms with Crippen LogP contribution in [0.15, 0.2) is 42.5 Å². The van der Waals surface area contributed by atoms with Gasteiger partial charge in [0, 0.05) is 0 Å². The Morgan fingerprint density at radius 2 is 1.50 bits per heavy atom. The number of rotatable bonds is 7. The third-order valence-corrected chi connectivity index (χ3v) is 8.78. The molecule has 1 aromatic carbocycles. The van der Waals surface area contributed by atoms with Crippen LogP contribution in [0.2, 0.25) is 0 Å². The Kier molecular flexibility index (Phi) is 7.91. The van der Waals surface area contributed by atoms with Crippen molar-refractivity contribution in [2.75, 3.05) is 0 Å². The summed E-state index contributed by atoms with van der Waals surface area (Å²) in [5.41, 5.74) is 4.88. The van der Waals surface area contributed by atoms with E-state index in [1.165, 1.54) is 76.2 Å². The predicted molar refractivity (Wildman–Crippen MR) is 131 cm³/mol. The average molecular weight is 405 g/mol. The number of benzene rings is 1. The zero-order valence-electron chi connectivity index (χ0n) is 19.6. The van der Waals surface area contributed by atoms with E-state index < -0.39 is 0 Å². The first-order valence-electron chi connectivity index (χ1n) is 13.1. The lowest BCUT2D eigenvalue weighted by Gasteiger charge is -2.45. The summed E-state index contributed by atoms with van der Waals surface area (Å²) in [6.07, 6.45) is 27.5. The van der Waals surface area contributed by atoms with Crippen molar-refractivity contribution in [3.05, 3.63) is 59.2 Å². The Morgan fingerprint density at radius 1 is 0.767 bits per heavy atom. The standard InChI is InChI=1S/C30H44/c1-3-5-7-9-23-11-13-27-21-29(17-15-25(27)19-23)30-18-16-26-20-24(10-8-6-4-2)12-14-28(26)22-30/h3-6,11,13,19,24,26,28-30H,7-10,12,14-18,20-22H2,1-2H3/b5-3+,6-4+. The van der Waals surface area contributed by atoms with Crippen LogP contribution in [0.25, 0.3) is 0 Å².